The fourth-order valence-corrected chi connectivity index (χ4v) is 2.49. The number of aromatic nitrogens is 2. The minimum Gasteiger partial charge on any atom is -0.493 e. The first-order valence-electron chi connectivity index (χ1n) is 6.00. The van der Waals surface area contributed by atoms with Crippen molar-refractivity contribution in [2.24, 2.45) is 11.7 Å². The van der Waals surface area contributed by atoms with Gasteiger partial charge in [0.1, 0.15) is 0 Å². The molecule has 1 fully saturated rings. The molecule has 0 saturated heterocycles. The van der Waals surface area contributed by atoms with Crippen molar-refractivity contribution >= 4 is 0 Å². The largest absolute Gasteiger partial charge is 0.493 e. The standard InChI is InChI=1S/C12H21N3O/c1-8(2)15-12(11(16-3)7-14-15)10-5-4-9(10)6-13/h7-10H,4-6,13H2,1-3H3. The first kappa shape index (κ1) is 11.5. The Morgan fingerprint density at radius 2 is 2.31 bits per heavy atom. The van der Waals surface area contributed by atoms with Gasteiger partial charge >= 0.3 is 0 Å². The van der Waals surface area contributed by atoms with Gasteiger partial charge in [-0.25, -0.2) is 0 Å². The summed E-state index contributed by atoms with van der Waals surface area (Å²) in [4.78, 5) is 0. The number of hydrogen-bond donors (Lipinski definition) is 1. The highest BCUT2D eigenvalue weighted by Gasteiger charge is 2.36. The average Bonchev–Trinajstić information content (AvgIpc) is 2.60. The summed E-state index contributed by atoms with van der Waals surface area (Å²) in [5.74, 6) is 2.05. The second kappa shape index (κ2) is 4.45. The molecule has 0 amide bonds. The second-order valence-electron chi connectivity index (χ2n) is 4.82. The Morgan fingerprint density at radius 1 is 1.56 bits per heavy atom. The molecule has 0 spiro atoms. The molecule has 1 heterocycles. The third-order valence-corrected chi connectivity index (χ3v) is 3.58. The molecule has 90 valence electrons. The van der Waals surface area contributed by atoms with Crippen LogP contribution in [0, 0.1) is 5.92 Å². The van der Waals surface area contributed by atoms with Gasteiger partial charge in [-0.2, -0.15) is 5.10 Å². The van der Waals surface area contributed by atoms with Gasteiger partial charge in [0.2, 0.25) is 0 Å². The molecular weight excluding hydrogens is 202 g/mol. The van der Waals surface area contributed by atoms with Crippen molar-refractivity contribution in [1.82, 2.24) is 9.78 Å². The minimum atomic E-state index is 0.373. The molecule has 2 unspecified atom stereocenters. The lowest BCUT2D eigenvalue weighted by Gasteiger charge is -2.36. The molecule has 1 aliphatic rings. The van der Waals surface area contributed by atoms with E-state index in [1.165, 1.54) is 18.5 Å². The zero-order valence-electron chi connectivity index (χ0n) is 10.3. The summed E-state index contributed by atoms with van der Waals surface area (Å²) in [6, 6.07) is 0.373. The first-order chi connectivity index (χ1) is 7.69. The lowest BCUT2D eigenvalue weighted by molar-refractivity contribution is 0.239. The van der Waals surface area contributed by atoms with E-state index in [1.807, 2.05) is 6.20 Å². The van der Waals surface area contributed by atoms with E-state index in [0.29, 0.717) is 17.9 Å². The van der Waals surface area contributed by atoms with Gasteiger partial charge in [-0.05, 0) is 39.2 Å². The van der Waals surface area contributed by atoms with Crippen molar-refractivity contribution in [3.63, 3.8) is 0 Å². The van der Waals surface area contributed by atoms with Crippen LogP contribution in [0.25, 0.3) is 0 Å². The monoisotopic (exact) mass is 223 g/mol. The Morgan fingerprint density at radius 3 is 2.75 bits per heavy atom. The fraction of sp³-hybridized carbons (Fsp3) is 0.750. The molecule has 4 heteroatoms. The van der Waals surface area contributed by atoms with E-state index >= 15 is 0 Å². The predicted octanol–water partition coefficient (Wildman–Crippen LogP) is 1.92. The highest BCUT2D eigenvalue weighted by Crippen LogP contribution is 2.45. The van der Waals surface area contributed by atoms with Crippen LogP contribution in [0.4, 0.5) is 0 Å². The van der Waals surface area contributed by atoms with Crippen LogP contribution in [0.3, 0.4) is 0 Å². The highest BCUT2D eigenvalue weighted by atomic mass is 16.5. The molecule has 2 rings (SSSR count). The molecule has 1 aliphatic carbocycles. The number of nitrogens with two attached hydrogens (primary N) is 1. The molecule has 0 bridgehead atoms. The molecule has 0 radical (unpaired) electrons. The summed E-state index contributed by atoms with van der Waals surface area (Å²) >= 11 is 0. The minimum absolute atomic E-state index is 0.373. The van der Waals surface area contributed by atoms with E-state index in [4.69, 9.17) is 10.5 Å². The van der Waals surface area contributed by atoms with Gasteiger partial charge in [-0.1, -0.05) is 0 Å². The van der Waals surface area contributed by atoms with Crippen LogP contribution in [0.2, 0.25) is 0 Å². The van der Waals surface area contributed by atoms with Crippen molar-refractivity contribution in [2.75, 3.05) is 13.7 Å². The van der Waals surface area contributed by atoms with Crippen molar-refractivity contribution < 1.29 is 4.74 Å². The van der Waals surface area contributed by atoms with Gasteiger partial charge in [-0.15, -0.1) is 0 Å². The zero-order chi connectivity index (χ0) is 11.7. The van der Waals surface area contributed by atoms with Crippen molar-refractivity contribution in [3.8, 4) is 5.75 Å². The van der Waals surface area contributed by atoms with Gasteiger partial charge in [0, 0.05) is 12.0 Å². The van der Waals surface area contributed by atoms with E-state index in [9.17, 15) is 0 Å². The number of hydrogen-bond acceptors (Lipinski definition) is 3. The van der Waals surface area contributed by atoms with Gasteiger partial charge < -0.3 is 10.5 Å². The molecule has 0 aliphatic heterocycles. The van der Waals surface area contributed by atoms with Crippen LogP contribution in [-0.4, -0.2) is 23.4 Å². The number of methoxy groups -OCH3 is 1. The zero-order valence-corrected chi connectivity index (χ0v) is 10.3. The third-order valence-electron chi connectivity index (χ3n) is 3.58. The Bertz CT molecular complexity index is 357. The van der Waals surface area contributed by atoms with Crippen LogP contribution in [0.5, 0.6) is 5.75 Å². The molecule has 1 aromatic rings. The van der Waals surface area contributed by atoms with Gasteiger partial charge in [0.15, 0.2) is 5.75 Å². The average molecular weight is 223 g/mol. The summed E-state index contributed by atoms with van der Waals surface area (Å²) in [6.07, 6.45) is 4.26. The van der Waals surface area contributed by atoms with Gasteiger partial charge in [-0.3, -0.25) is 4.68 Å². The first-order valence-corrected chi connectivity index (χ1v) is 6.00. The van der Waals surface area contributed by atoms with Gasteiger partial charge in [0.05, 0.1) is 19.0 Å². The molecule has 16 heavy (non-hydrogen) atoms. The topological polar surface area (TPSA) is 53.1 Å². The summed E-state index contributed by atoms with van der Waals surface area (Å²) in [5.41, 5.74) is 7.01. The van der Waals surface area contributed by atoms with Crippen LogP contribution in [0.15, 0.2) is 6.20 Å². The molecule has 2 atom stereocenters. The maximum Gasteiger partial charge on any atom is 0.160 e. The lowest BCUT2D eigenvalue weighted by Crippen LogP contribution is -2.32. The molecule has 2 N–H and O–H groups in total. The van der Waals surface area contributed by atoms with E-state index in [2.05, 4.69) is 23.6 Å². The second-order valence-corrected chi connectivity index (χ2v) is 4.82. The molecule has 1 saturated carbocycles. The normalized spacial score (nSPS) is 24.6. The number of ether oxygens (including phenoxy) is 1. The quantitative estimate of drug-likeness (QED) is 0.848. The van der Waals surface area contributed by atoms with E-state index < -0.39 is 0 Å². The number of nitrogens with zero attached hydrogens (tertiary/aromatic N) is 2. The van der Waals surface area contributed by atoms with E-state index in [0.717, 1.165) is 12.3 Å². The molecule has 0 aromatic carbocycles. The highest BCUT2D eigenvalue weighted by molar-refractivity contribution is 5.31. The summed E-state index contributed by atoms with van der Waals surface area (Å²) in [5, 5.41) is 4.41. The van der Waals surface area contributed by atoms with E-state index in [1.54, 1.807) is 7.11 Å². The van der Waals surface area contributed by atoms with Crippen LogP contribution in [0.1, 0.15) is 44.3 Å². The number of rotatable bonds is 4. The van der Waals surface area contributed by atoms with Crippen LogP contribution >= 0.6 is 0 Å². The predicted molar refractivity (Wildman–Crippen MR) is 63.7 cm³/mol. The summed E-state index contributed by atoms with van der Waals surface area (Å²) < 4.78 is 7.48. The van der Waals surface area contributed by atoms with Crippen molar-refractivity contribution in [1.29, 1.82) is 0 Å². The Kier molecular flexibility index (Phi) is 3.19. The Hall–Kier alpha value is -1.03. The maximum atomic E-state index is 5.78. The Labute approximate surface area is 96.8 Å². The van der Waals surface area contributed by atoms with E-state index in [-0.39, 0.29) is 0 Å². The SMILES string of the molecule is COc1cnn(C(C)C)c1C1CCC1CN. The summed E-state index contributed by atoms with van der Waals surface area (Å²) in [7, 11) is 1.71. The van der Waals surface area contributed by atoms with Crippen LogP contribution < -0.4 is 10.5 Å². The van der Waals surface area contributed by atoms with Crippen LogP contribution in [-0.2, 0) is 0 Å². The van der Waals surface area contributed by atoms with Crippen molar-refractivity contribution in [2.45, 2.75) is 38.6 Å². The fourth-order valence-electron chi connectivity index (χ4n) is 2.49. The Balaban J connectivity index is 2.33. The molecule has 4 nitrogen and oxygen atoms in total. The molecule has 1 aromatic heterocycles. The van der Waals surface area contributed by atoms with Crippen molar-refractivity contribution in [3.05, 3.63) is 11.9 Å². The molecular formula is C12H21N3O. The third kappa shape index (κ3) is 1.71. The maximum absolute atomic E-state index is 5.78. The van der Waals surface area contributed by atoms with Gasteiger partial charge in [0.25, 0.3) is 0 Å². The summed E-state index contributed by atoms with van der Waals surface area (Å²) in [6.45, 7) is 5.05. The lowest BCUT2D eigenvalue weighted by atomic mass is 9.71. The smallest absolute Gasteiger partial charge is 0.160 e.